The van der Waals surface area contributed by atoms with Crippen molar-refractivity contribution in [1.82, 2.24) is 15.0 Å². The molecule has 0 aliphatic rings. The zero-order valence-electron chi connectivity index (χ0n) is 10.9. The van der Waals surface area contributed by atoms with Crippen molar-refractivity contribution in [3.05, 3.63) is 36.4 Å². The molecular weight excluding hydrogens is 254 g/mol. The number of methoxy groups -OCH3 is 1. The molecule has 0 amide bonds. The summed E-state index contributed by atoms with van der Waals surface area (Å²) in [6.07, 6.45) is 0. The zero-order chi connectivity index (χ0) is 14.1. The number of nitrogens with two attached hydrogens (primary N) is 2. The third-order valence-electron chi connectivity index (χ3n) is 2.98. The van der Waals surface area contributed by atoms with E-state index in [0.717, 1.165) is 22.1 Å². The summed E-state index contributed by atoms with van der Waals surface area (Å²) in [7, 11) is 1.64. The van der Waals surface area contributed by atoms with Gasteiger partial charge in [-0.3, -0.25) is 0 Å². The van der Waals surface area contributed by atoms with Crippen LogP contribution in [-0.4, -0.2) is 22.1 Å². The van der Waals surface area contributed by atoms with Crippen LogP contribution in [0.5, 0.6) is 5.75 Å². The average Bonchev–Trinajstić information content (AvgIpc) is 2.45. The van der Waals surface area contributed by atoms with E-state index >= 15 is 0 Å². The first kappa shape index (κ1) is 12.2. The van der Waals surface area contributed by atoms with E-state index in [0.29, 0.717) is 5.82 Å². The van der Waals surface area contributed by atoms with E-state index in [9.17, 15) is 0 Å². The van der Waals surface area contributed by atoms with Crippen molar-refractivity contribution in [2.45, 2.75) is 0 Å². The lowest BCUT2D eigenvalue weighted by Crippen LogP contribution is -2.04. The van der Waals surface area contributed by atoms with Gasteiger partial charge in [-0.2, -0.15) is 15.0 Å². The molecule has 0 aliphatic carbocycles. The topological polar surface area (TPSA) is 99.9 Å². The molecule has 3 rings (SSSR count). The van der Waals surface area contributed by atoms with Crippen LogP contribution in [0, 0.1) is 0 Å². The van der Waals surface area contributed by atoms with Gasteiger partial charge in [0.05, 0.1) is 7.11 Å². The number of aromatic nitrogens is 3. The standard InChI is InChI=1S/C14H13N5O/c1-20-11-5-4-8-6-10(3-2-9(8)7-11)12-17-13(15)19-14(16)18-12/h2-7H,1H3,(H4,15,16,17,18,19). The molecular formula is C14H13N5O. The van der Waals surface area contributed by atoms with Crippen molar-refractivity contribution < 1.29 is 4.74 Å². The molecule has 0 radical (unpaired) electrons. The monoisotopic (exact) mass is 267 g/mol. The second-order valence-electron chi connectivity index (χ2n) is 4.30. The Bertz CT molecular complexity index is 767. The van der Waals surface area contributed by atoms with Crippen LogP contribution >= 0.6 is 0 Å². The quantitative estimate of drug-likeness (QED) is 0.735. The van der Waals surface area contributed by atoms with E-state index in [-0.39, 0.29) is 11.9 Å². The first-order valence-corrected chi connectivity index (χ1v) is 6.01. The van der Waals surface area contributed by atoms with Crippen molar-refractivity contribution in [2.75, 3.05) is 18.6 Å². The minimum absolute atomic E-state index is 0.113. The second kappa shape index (κ2) is 4.65. The van der Waals surface area contributed by atoms with Crippen LogP contribution in [0.15, 0.2) is 36.4 Å². The molecule has 0 fully saturated rings. The van der Waals surface area contributed by atoms with Crippen LogP contribution in [0.25, 0.3) is 22.2 Å². The lowest BCUT2D eigenvalue weighted by molar-refractivity contribution is 0.415. The SMILES string of the molecule is COc1ccc2cc(-c3nc(N)nc(N)n3)ccc2c1. The molecule has 6 heteroatoms. The molecule has 6 nitrogen and oxygen atoms in total. The van der Waals surface area contributed by atoms with E-state index < -0.39 is 0 Å². The molecule has 0 unspecified atom stereocenters. The summed E-state index contributed by atoms with van der Waals surface area (Å²) in [6.45, 7) is 0. The lowest BCUT2D eigenvalue weighted by Gasteiger charge is -2.06. The maximum Gasteiger partial charge on any atom is 0.225 e. The molecule has 0 aliphatic heterocycles. The first-order valence-electron chi connectivity index (χ1n) is 6.01. The highest BCUT2D eigenvalue weighted by Crippen LogP contribution is 2.25. The minimum atomic E-state index is 0.113. The van der Waals surface area contributed by atoms with Gasteiger partial charge >= 0.3 is 0 Å². The molecule has 0 bridgehead atoms. The summed E-state index contributed by atoms with van der Waals surface area (Å²) in [5.41, 5.74) is 12.0. The fourth-order valence-electron chi connectivity index (χ4n) is 2.03. The Balaban J connectivity index is 2.12. The fraction of sp³-hybridized carbons (Fsp3) is 0.0714. The fourth-order valence-corrected chi connectivity index (χ4v) is 2.03. The minimum Gasteiger partial charge on any atom is -0.497 e. The van der Waals surface area contributed by atoms with Crippen molar-refractivity contribution in [2.24, 2.45) is 0 Å². The molecule has 0 spiro atoms. The molecule has 20 heavy (non-hydrogen) atoms. The number of nitrogens with zero attached hydrogens (tertiary/aromatic N) is 3. The normalized spacial score (nSPS) is 10.7. The van der Waals surface area contributed by atoms with Gasteiger partial charge < -0.3 is 16.2 Å². The van der Waals surface area contributed by atoms with E-state index in [1.165, 1.54) is 0 Å². The Morgan fingerprint density at radius 2 is 1.50 bits per heavy atom. The number of hydrogen-bond donors (Lipinski definition) is 2. The third-order valence-corrected chi connectivity index (χ3v) is 2.98. The number of ether oxygens (including phenoxy) is 1. The molecule has 0 saturated heterocycles. The van der Waals surface area contributed by atoms with Crippen molar-refractivity contribution in [1.29, 1.82) is 0 Å². The molecule has 3 aromatic rings. The highest BCUT2D eigenvalue weighted by Gasteiger charge is 2.06. The number of rotatable bonds is 2. The smallest absolute Gasteiger partial charge is 0.225 e. The largest absolute Gasteiger partial charge is 0.497 e. The Labute approximate surface area is 115 Å². The highest BCUT2D eigenvalue weighted by atomic mass is 16.5. The molecule has 100 valence electrons. The molecule has 0 saturated carbocycles. The number of hydrogen-bond acceptors (Lipinski definition) is 6. The average molecular weight is 267 g/mol. The Morgan fingerprint density at radius 3 is 2.20 bits per heavy atom. The summed E-state index contributed by atoms with van der Waals surface area (Å²) < 4.78 is 5.20. The lowest BCUT2D eigenvalue weighted by atomic mass is 10.1. The Kier molecular flexibility index (Phi) is 2.83. The summed E-state index contributed by atoms with van der Waals surface area (Å²) >= 11 is 0. The Morgan fingerprint density at radius 1 is 0.850 bits per heavy atom. The van der Waals surface area contributed by atoms with Crippen LogP contribution in [-0.2, 0) is 0 Å². The van der Waals surface area contributed by atoms with Gasteiger partial charge in [-0.05, 0) is 29.0 Å². The maximum atomic E-state index is 5.59. The Hall–Kier alpha value is -2.89. The number of fused-ring (bicyclic) bond motifs is 1. The van der Waals surface area contributed by atoms with E-state index in [2.05, 4.69) is 15.0 Å². The molecule has 1 aromatic heterocycles. The van der Waals surface area contributed by atoms with Crippen LogP contribution in [0.2, 0.25) is 0 Å². The zero-order valence-corrected chi connectivity index (χ0v) is 10.9. The maximum absolute atomic E-state index is 5.59. The van der Waals surface area contributed by atoms with Gasteiger partial charge in [0, 0.05) is 5.56 Å². The highest BCUT2D eigenvalue weighted by molar-refractivity contribution is 5.87. The number of anilines is 2. The van der Waals surface area contributed by atoms with Crippen LogP contribution < -0.4 is 16.2 Å². The molecule has 1 heterocycles. The van der Waals surface area contributed by atoms with Gasteiger partial charge in [0.15, 0.2) is 5.82 Å². The van der Waals surface area contributed by atoms with Crippen molar-refractivity contribution in [3.8, 4) is 17.1 Å². The predicted molar refractivity (Wildman–Crippen MR) is 78.1 cm³/mol. The van der Waals surface area contributed by atoms with Gasteiger partial charge in [-0.15, -0.1) is 0 Å². The van der Waals surface area contributed by atoms with Crippen LogP contribution in [0.4, 0.5) is 11.9 Å². The van der Waals surface area contributed by atoms with Gasteiger partial charge in [0.1, 0.15) is 5.75 Å². The van der Waals surface area contributed by atoms with E-state index in [1.54, 1.807) is 7.11 Å². The predicted octanol–water partition coefficient (Wildman–Crippen LogP) is 1.86. The van der Waals surface area contributed by atoms with Crippen molar-refractivity contribution >= 4 is 22.7 Å². The summed E-state index contributed by atoms with van der Waals surface area (Å²) in [6, 6.07) is 11.7. The van der Waals surface area contributed by atoms with Crippen LogP contribution in [0.1, 0.15) is 0 Å². The first-order chi connectivity index (χ1) is 9.65. The third kappa shape index (κ3) is 2.18. The number of nitrogen functional groups attached to an aromatic ring is 2. The van der Waals surface area contributed by atoms with Crippen LogP contribution in [0.3, 0.4) is 0 Å². The number of benzene rings is 2. The molecule has 2 aromatic carbocycles. The molecule has 0 atom stereocenters. The van der Waals surface area contributed by atoms with Gasteiger partial charge in [-0.25, -0.2) is 0 Å². The van der Waals surface area contributed by atoms with Gasteiger partial charge in [0.2, 0.25) is 11.9 Å². The second-order valence-corrected chi connectivity index (χ2v) is 4.30. The van der Waals surface area contributed by atoms with Crippen molar-refractivity contribution in [3.63, 3.8) is 0 Å². The van der Waals surface area contributed by atoms with Gasteiger partial charge in [0.25, 0.3) is 0 Å². The van der Waals surface area contributed by atoms with Gasteiger partial charge in [-0.1, -0.05) is 18.2 Å². The van der Waals surface area contributed by atoms with E-state index in [4.69, 9.17) is 16.2 Å². The molecule has 4 N–H and O–H groups in total. The summed E-state index contributed by atoms with van der Waals surface area (Å²) in [4.78, 5) is 12.0. The summed E-state index contributed by atoms with van der Waals surface area (Å²) in [5, 5.41) is 2.13. The van der Waals surface area contributed by atoms with E-state index in [1.807, 2.05) is 36.4 Å². The summed E-state index contributed by atoms with van der Waals surface area (Å²) in [5.74, 6) is 1.51.